The topological polar surface area (TPSA) is 58.9 Å². The Hall–Kier alpha value is -1.43. The van der Waals surface area contributed by atoms with E-state index < -0.39 is 6.10 Å². The molecule has 0 radical (unpaired) electrons. The molecule has 5 rings (SSSR count). The molecule has 1 spiro atoms. The maximum Gasteiger partial charge on any atom is 0.0854 e. The van der Waals surface area contributed by atoms with Crippen LogP contribution in [0.3, 0.4) is 0 Å². The molecule has 1 aliphatic carbocycles. The molecule has 32 heavy (non-hydrogen) atoms. The fourth-order valence-electron chi connectivity index (χ4n) is 5.81. The smallest absolute Gasteiger partial charge is 0.0854 e. The van der Waals surface area contributed by atoms with Crippen molar-refractivity contribution in [1.82, 2.24) is 0 Å². The van der Waals surface area contributed by atoms with Crippen LogP contribution in [0.25, 0.3) is 0 Å². The lowest BCUT2D eigenvalue weighted by molar-refractivity contribution is -0.113. The van der Waals surface area contributed by atoms with E-state index in [0.29, 0.717) is 18.8 Å². The molecular formula is C27H33ClO4. The Morgan fingerprint density at radius 1 is 1.00 bits per heavy atom. The van der Waals surface area contributed by atoms with Gasteiger partial charge in [-0.2, -0.15) is 0 Å². The van der Waals surface area contributed by atoms with Gasteiger partial charge in [-0.3, -0.25) is 0 Å². The fraction of sp³-hybridized carbons (Fsp3) is 0.556. The molecule has 5 heteroatoms. The lowest BCUT2D eigenvalue weighted by Gasteiger charge is -2.32. The summed E-state index contributed by atoms with van der Waals surface area (Å²) in [5.74, 6) is 0.503. The summed E-state index contributed by atoms with van der Waals surface area (Å²) in [5, 5.41) is 20.4. The predicted octanol–water partition coefficient (Wildman–Crippen LogP) is 5.32. The van der Waals surface area contributed by atoms with Crippen LogP contribution in [-0.2, 0) is 15.9 Å². The Morgan fingerprint density at radius 3 is 2.50 bits per heavy atom. The first kappa shape index (κ1) is 22.4. The predicted molar refractivity (Wildman–Crippen MR) is 125 cm³/mol. The molecule has 3 aliphatic rings. The third-order valence-electron chi connectivity index (χ3n) is 7.59. The van der Waals surface area contributed by atoms with Crippen molar-refractivity contribution in [3.8, 4) is 0 Å². The van der Waals surface area contributed by atoms with Crippen molar-refractivity contribution in [3.05, 3.63) is 69.7 Å². The Bertz CT molecular complexity index is 922. The highest BCUT2D eigenvalue weighted by molar-refractivity contribution is 6.31. The number of hydrogen-bond acceptors (Lipinski definition) is 4. The first-order chi connectivity index (χ1) is 15.5. The Kier molecular flexibility index (Phi) is 6.60. The average Bonchev–Trinajstić information content (AvgIpc) is 3.45. The van der Waals surface area contributed by atoms with Crippen LogP contribution in [-0.4, -0.2) is 41.2 Å². The second-order valence-corrected chi connectivity index (χ2v) is 10.3. The van der Waals surface area contributed by atoms with E-state index in [9.17, 15) is 10.2 Å². The van der Waals surface area contributed by atoms with Gasteiger partial charge in [0.2, 0.25) is 0 Å². The van der Waals surface area contributed by atoms with Gasteiger partial charge in [-0.25, -0.2) is 0 Å². The van der Waals surface area contributed by atoms with E-state index in [1.807, 2.05) is 12.1 Å². The van der Waals surface area contributed by atoms with E-state index in [0.717, 1.165) is 35.6 Å². The highest BCUT2D eigenvalue weighted by Gasteiger charge is 2.42. The minimum absolute atomic E-state index is 0.0759. The van der Waals surface area contributed by atoms with Gasteiger partial charge in [0.15, 0.2) is 0 Å². The molecule has 2 N–H and O–H groups in total. The quantitative estimate of drug-likeness (QED) is 0.639. The number of rotatable bonds is 5. The molecule has 2 saturated heterocycles. The van der Waals surface area contributed by atoms with E-state index in [4.69, 9.17) is 21.1 Å². The third-order valence-corrected chi connectivity index (χ3v) is 7.96. The number of aliphatic hydroxyl groups excluding tert-OH is 2. The summed E-state index contributed by atoms with van der Waals surface area (Å²) in [6.07, 6.45) is 6.96. The molecule has 2 aromatic carbocycles. The number of ether oxygens (including phenoxy) is 2. The molecule has 1 unspecified atom stereocenters. The molecule has 3 fully saturated rings. The van der Waals surface area contributed by atoms with E-state index in [2.05, 4.69) is 30.3 Å². The number of aliphatic hydroxyl groups is 2. The molecule has 2 aliphatic heterocycles. The average molecular weight is 457 g/mol. The second kappa shape index (κ2) is 9.44. The lowest BCUT2D eigenvalue weighted by Crippen LogP contribution is -2.33. The summed E-state index contributed by atoms with van der Waals surface area (Å²) in [6.45, 7) is 0.767. The van der Waals surface area contributed by atoms with Gasteiger partial charge in [-0.05, 0) is 54.0 Å². The monoisotopic (exact) mass is 456 g/mol. The van der Waals surface area contributed by atoms with E-state index in [1.54, 1.807) is 0 Å². The van der Waals surface area contributed by atoms with Gasteiger partial charge in [0.25, 0.3) is 0 Å². The largest absolute Gasteiger partial charge is 0.394 e. The molecule has 0 amide bonds. The Morgan fingerprint density at radius 2 is 1.75 bits per heavy atom. The number of hydrogen-bond donors (Lipinski definition) is 2. The highest BCUT2D eigenvalue weighted by Crippen LogP contribution is 2.46. The van der Waals surface area contributed by atoms with E-state index in [-0.39, 0.29) is 24.4 Å². The normalized spacial score (nSPS) is 29.6. The van der Waals surface area contributed by atoms with Gasteiger partial charge in [-0.15, -0.1) is 0 Å². The lowest BCUT2D eigenvalue weighted by atomic mass is 9.88. The number of benzene rings is 2. The van der Waals surface area contributed by atoms with E-state index in [1.165, 1.54) is 36.8 Å². The maximum atomic E-state index is 10.2. The van der Waals surface area contributed by atoms with Crippen LogP contribution < -0.4 is 0 Å². The summed E-state index contributed by atoms with van der Waals surface area (Å²) in [4.78, 5) is 0. The third kappa shape index (κ3) is 4.76. The van der Waals surface area contributed by atoms with Crippen molar-refractivity contribution in [2.75, 3.05) is 13.2 Å². The van der Waals surface area contributed by atoms with Gasteiger partial charge < -0.3 is 19.7 Å². The van der Waals surface area contributed by atoms with Crippen LogP contribution in [0, 0.1) is 0 Å². The van der Waals surface area contributed by atoms with Gasteiger partial charge in [0, 0.05) is 23.8 Å². The summed E-state index contributed by atoms with van der Waals surface area (Å²) < 4.78 is 12.2. The molecule has 2 aromatic rings. The SMILES string of the molecule is OC[C@@H]1C[C@H](O)C[C@@H](c2ccc(Cl)c(Cc3ccc(C4COC5(CCCC5)C4)cc3)c2)O1. The van der Waals surface area contributed by atoms with Crippen molar-refractivity contribution in [1.29, 1.82) is 0 Å². The maximum absolute atomic E-state index is 10.2. The minimum Gasteiger partial charge on any atom is -0.394 e. The standard InChI is InChI=1S/C27H33ClO4/c28-25-8-7-20(26-14-23(30)13-24(16-29)32-26)12-21(25)11-18-3-5-19(6-4-18)22-15-27(31-17-22)9-1-2-10-27/h3-8,12,22-24,26,29-30H,1-2,9-11,13-17H2/t22?,23-,24-,26-/m0/s1. The summed E-state index contributed by atoms with van der Waals surface area (Å²) in [6, 6.07) is 14.9. The molecule has 4 atom stereocenters. The highest BCUT2D eigenvalue weighted by atomic mass is 35.5. The van der Waals surface area contributed by atoms with Gasteiger partial charge in [0.05, 0.1) is 37.1 Å². The van der Waals surface area contributed by atoms with Crippen molar-refractivity contribution < 1.29 is 19.7 Å². The zero-order chi connectivity index (χ0) is 22.1. The first-order valence-corrected chi connectivity index (χ1v) is 12.4. The van der Waals surface area contributed by atoms with Crippen LogP contribution >= 0.6 is 11.6 Å². The molecule has 172 valence electrons. The summed E-state index contributed by atoms with van der Waals surface area (Å²) in [5.41, 5.74) is 4.80. The van der Waals surface area contributed by atoms with Crippen LogP contribution in [0.2, 0.25) is 5.02 Å². The van der Waals surface area contributed by atoms with Crippen LogP contribution in [0.1, 0.15) is 79.2 Å². The van der Waals surface area contributed by atoms with Crippen molar-refractivity contribution in [2.45, 2.75) is 81.2 Å². The zero-order valence-corrected chi connectivity index (χ0v) is 19.3. The fourth-order valence-corrected chi connectivity index (χ4v) is 5.99. The molecule has 0 bridgehead atoms. The summed E-state index contributed by atoms with van der Waals surface area (Å²) in [7, 11) is 0. The van der Waals surface area contributed by atoms with Gasteiger partial charge in [-0.1, -0.05) is 60.8 Å². The molecule has 4 nitrogen and oxygen atoms in total. The van der Waals surface area contributed by atoms with Crippen LogP contribution in [0.15, 0.2) is 42.5 Å². The van der Waals surface area contributed by atoms with Gasteiger partial charge in [0.1, 0.15) is 0 Å². The van der Waals surface area contributed by atoms with Crippen LogP contribution in [0.5, 0.6) is 0 Å². The summed E-state index contributed by atoms with van der Waals surface area (Å²) >= 11 is 6.53. The first-order valence-electron chi connectivity index (χ1n) is 12.0. The van der Waals surface area contributed by atoms with E-state index >= 15 is 0 Å². The van der Waals surface area contributed by atoms with Gasteiger partial charge >= 0.3 is 0 Å². The second-order valence-electron chi connectivity index (χ2n) is 9.93. The van der Waals surface area contributed by atoms with Crippen molar-refractivity contribution in [3.63, 3.8) is 0 Å². The van der Waals surface area contributed by atoms with Crippen LogP contribution in [0.4, 0.5) is 0 Å². The molecule has 2 heterocycles. The number of halogens is 1. The molecular weight excluding hydrogens is 424 g/mol. The Balaban J connectivity index is 1.27. The van der Waals surface area contributed by atoms with Crippen molar-refractivity contribution in [2.24, 2.45) is 0 Å². The zero-order valence-electron chi connectivity index (χ0n) is 18.5. The molecule has 0 aromatic heterocycles. The molecule has 1 saturated carbocycles. The minimum atomic E-state index is -0.458. The van der Waals surface area contributed by atoms with Crippen molar-refractivity contribution >= 4 is 11.6 Å². The Labute approximate surface area is 195 Å².